The van der Waals surface area contributed by atoms with Gasteiger partial charge in [-0.1, -0.05) is 12.8 Å². The molecule has 1 aromatic carbocycles. The van der Waals surface area contributed by atoms with Gasteiger partial charge in [0.1, 0.15) is 11.2 Å². The molecule has 2 aromatic rings. The van der Waals surface area contributed by atoms with Crippen LogP contribution in [0.15, 0.2) is 18.2 Å². The van der Waals surface area contributed by atoms with Crippen molar-refractivity contribution in [2.75, 3.05) is 20.2 Å². The molecule has 0 unspecified atom stereocenters. The van der Waals surface area contributed by atoms with Crippen molar-refractivity contribution in [3.05, 3.63) is 29.5 Å². The summed E-state index contributed by atoms with van der Waals surface area (Å²) >= 11 is 0. The molecule has 4 rings (SSSR count). The molecule has 1 saturated carbocycles. The number of aryl methyl sites for hydroxylation is 1. The van der Waals surface area contributed by atoms with Crippen molar-refractivity contribution in [3.63, 3.8) is 0 Å². The lowest BCUT2D eigenvalue weighted by Gasteiger charge is -2.43. The number of aliphatic carboxylic acids is 1. The van der Waals surface area contributed by atoms with Crippen molar-refractivity contribution in [1.29, 1.82) is 0 Å². The number of carbonyl (C=O) groups excluding carboxylic acids is 1. The van der Waals surface area contributed by atoms with Crippen LogP contribution in [0.3, 0.4) is 0 Å². The molecule has 2 atom stereocenters. The fraction of sp³-hybridized carbons (Fsp3) is 0.545. The number of nitrogens with zero attached hydrogens (tertiary/aromatic N) is 2. The number of hydrogen-bond acceptors (Lipinski definition) is 4. The molecule has 1 amide bonds. The van der Waals surface area contributed by atoms with Crippen LogP contribution in [0, 0.1) is 18.3 Å². The van der Waals surface area contributed by atoms with Crippen molar-refractivity contribution in [3.8, 4) is 5.75 Å². The van der Waals surface area contributed by atoms with Crippen molar-refractivity contribution < 1.29 is 24.5 Å². The van der Waals surface area contributed by atoms with Gasteiger partial charge in [0.25, 0.3) is 5.91 Å². The number of aromatic nitrogens is 1. The minimum absolute atomic E-state index is 0.0403. The number of piperidine rings is 1. The Morgan fingerprint density at radius 3 is 2.62 bits per heavy atom. The van der Waals surface area contributed by atoms with Crippen LogP contribution in [0.4, 0.5) is 0 Å². The second kappa shape index (κ2) is 7.06. The van der Waals surface area contributed by atoms with E-state index in [1.807, 2.05) is 36.7 Å². The number of benzene rings is 1. The molecule has 7 nitrogen and oxygen atoms in total. The summed E-state index contributed by atoms with van der Waals surface area (Å²) in [6.07, 6.45) is 1.77. The molecule has 1 saturated heterocycles. The molecule has 156 valence electrons. The van der Waals surface area contributed by atoms with E-state index in [-0.39, 0.29) is 18.9 Å². The van der Waals surface area contributed by atoms with Crippen LogP contribution in [0.2, 0.25) is 0 Å². The van der Waals surface area contributed by atoms with Gasteiger partial charge < -0.3 is 24.4 Å². The van der Waals surface area contributed by atoms with Gasteiger partial charge in [0.2, 0.25) is 0 Å². The lowest BCUT2D eigenvalue weighted by Crippen LogP contribution is -2.57. The van der Waals surface area contributed by atoms with E-state index >= 15 is 0 Å². The first-order valence-corrected chi connectivity index (χ1v) is 10.1. The van der Waals surface area contributed by atoms with Gasteiger partial charge in [-0.25, -0.2) is 0 Å². The Morgan fingerprint density at radius 1 is 1.28 bits per heavy atom. The Balaban J connectivity index is 1.72. The van der Waals surface area contributed by atoms with E-state index < -0.39 is 17.5 Å². The zero-order chi connectivity index (χ0) is 20.9. The van der Waals surface area contributed by atoms with Gasteiger partial charge >= 0.3 is 5.97 Å². The van der Waals surface area contributed by atoms with Gasteiger partial charge in [-0.3, -0.25) is 9.59 Å². The molecule has 1 aromatic heterocycles. The number of amides is 1. The molecule has 7 heteroatoms. The zero-order valence-electron chi connectivity index (χ0n) is 17.1. The molecule has 2 heterocycles. The van der Waals surface area contributed by atoms with Crippen LogP contribution in [0.1, 0.15) is 41.7 Å². The standard InChI is InChI=1S/C22H28N2O5/c1-13-19(16-10-15(29-3)6-7-17(16)23(13)2)20(26)24-9-8-18(25)22(12-24,21(27)28)11-14-4-5-14/h6-7,10,14,18,25H,4-5,8-9,11-12H2,1-3H3,(H,27,28)/t18-,22-/m1/s1. The van der Waals surface area contributed by atoms with Crippen molar-refractivity contribution in [2.45, 2.75) is 38.7 Å². The summed E-state index contributed by atoms with van der Waals surface area (Å²) in [6.45, 7) is 2.28. The Hall–Kier alpha value is -2.54. The van der Waals surface area contributed by atoms with E-state index in [9.17, 15) is 19.8 Å². The quantitative estimate of drug-likeness (QED) is 0.805. The van der Waals surface area contributed by atoms with E-state index in [0.717, 1.165) is 29.4 Å². The third-order valence-electron chi connectivity index (χ3n) is 6.76. The number of likely N-dealkylation sites (tertiary alicyclic amines) is 1. The van der Waals surface area contributed by atoms with E-state index in [1.54, 1.807) is 12.0 Å². The molecule has 2 N–H and O–H groups in total. The number of carbonyl (C=O) groups is 2. The summed E-state index contributed by atoms with van der Waals surface area (Å²) in [7, 11) is 3.50. The van der Waals surface area contributed by atoms with Crippen molar-refractivity contribution in [2.24, 2.45) is 18.4 Å². The molecule has 2 fully saturated rings. The largest absolute Gasteiger partial charge is 0.497 e. The smallest absolute Gasteiger partial charge is 0.314 e. The number of hydrogen-bond donors (Lipinski definition) is 2. The molecule has 0 spiro atoms. The van der Waals surface area contributed by atoms with Gasteiger partial charge in [0.15, 0.2) is 0 Å². The van der Waals surface area contributed by atoms with Crippen LogP contribution in [-0.2, 0) is 11.8 Å². The minimum atomic E-state index is -1.29. The van der Waals surface area contributed by atoms with Gasteiger partial charge in [-0.15, -0.1) is 0 Å². The van der Waals surface area contributed by atoms with Gasteiger partial charge in [-0.2, -0.15) is 0 Å². The van der Waals surface area contributed by atoms with Crippen LogP contribution < -0.4 is 4.74 Å². The number of carboxylic acid groups (broad SMARTS) is 1. The summed E-state index contributed by atoms with van der Waals surface area (Å²) in [5.74, 6) is -0.195. The maximum atomic E-state index is 13.6. The maximum Gasteiger partial charge on any atom is 0.314 e. The lowest BCUT2D eigenvalue weighted by atomic mass is 9.73. The maximum absolute atomic E-state index is 13.6. The van der Waals surface area contributed by atoms with Gasteiger partial charge in [-0.05, 0) is 43.9 Å². The molecule has 0 bridgehead atoms. The minimum Gasteiger partial charge on any atom is -0.497 e. The van der Waals surface area contributed by atoms with Crippen molar-refractivity contribution in [1.82, 2.24) is 9.47 Å². The first kappa shape index (κ1) is 19.8. The molecule has 1 aliphatic heterocycles. The Bertz CT molecular complexity index is 977. The highest BCUT2D eigenvalue weighted by Gasteiger charge is 2.52. The van der Waals surface area contributed by atoms with Crippen LogP contribution in [0.5, 0.6) is 5.75 Å². The highest BCUT2D eigenvalue weighted by Crippen LogP contribution is 2.45. The topological polar surface area (TPSA) is 92.0 Å². The van der Waals surface area contributed by atoms with Crippen LogP contribution >= 0.6 is 0 Å². The number of carboxylic acids is 1. The number of aliphatic hydroxyl groups is 1. The predicted octanol–water partition coefficient (Wildman–Crippen LogP) is 2.57. The summed E-state index contributed by atoms with van der Waals surface area (Å²) in [5.41, 5.74) is 1.03. The highest BCUT2D eigenvalue weighted by molar-refractivity contribution is 6.09. The van der Waals surface area contributed by atoms with Gasteiger partial charge in [0, 0.05) is 36.7 Å². The van der Waals surface area contributed by atoms with Crippen LogP contribution in [-0.4, -0.2) is 57.9 Å². The average Bonchev–Trinajstić information content (AvgIpc) is 3.48. The molecule has 29 heavy (non-hydrogen) atoms. The SMILES string of the molecule is COc1ccc2c(c1)c(C(=O)N1CC[C@@H](O)[C@](CC3CC3)(C(=O)O)C1)c(C)n2C. The number of rotatable bonds is 5. The zero-order valence-corrected chi connectivity index (χ0v) is 17.1. The third kappa shape index (κ3) is 3.17. The average molecular weight is 400 g/mol. The number of aliphatic hydroxyl groups excluding tert-OH is 1. The Labute approximate surface area is 169 Å². The summed E-state index contributed by atoms with van der Waals surface area (Å²) in [5, 5.41) is 21.4. The predicted molar refractivity (Wildman–Crippen MR) is 108 cm³/mol. The fourth-order valence-corrected chi connectivity index (χ4v) is 4.69. The second-order valence-electron chi connectivity index (χ2n) is 8.54. The summed E-state index contributed by atoms with van der Waals surface area (Å²) in [6, 6.07) is 5.63. The molecule has 0 radical (unpaired) electrons. The second-order valence-corrected chi connectivity index (χ2v) is 8.54. The first-order chi connectivity index (χ1) is 13.8. The fourth-order valence-electron chi connectivity index (χ4n) is 4.69. The Kier molecular flexibility index (Phi) is 4.81. The van der Waals surface area contributed by atoms with E-state index in [2.05, 4.69) is 0 Å². The summed E-state index contributed by atoms with van der Waals surface area (Å²) in [4.78, 5) is 27.4. The number of ether oxygens (including phenoxy) is 1. The monoisotopic (exact) mass is 400 g/mol. The summed E-state index contributed by atoms with van der Waals surface area (Å²) < 4.78 is 7.30. The Morgan fingerprint density at radius 2 is 2.00 bits per heavy atom. The number of fused-ring (bicyclic) bond motifs is 1. The lowest BCUT2D eigenvalue weighted by molar-refractivity contribution is -0.163. The van der Waals surface area contributed by atoms with E-state index in [4.69, 9.17) is 4.74 Å². The third-order valence-corrected chi connectivity index (χ3v) is 6.76. The van der Waals surface area contributed by atoms with E-state index in [0.29, 0.717) is 30.2 Å². The van der Waals surface area contributed by atoms with Gasteiger partial charge in [0.05, 0.1) is 18.8 Å². The normalized spacial score (nSPS) is 24.7. The van der Waals surface area contributed by atoms with Crippen LogP contribution in [0.25, 0.3) is 10.9 Å². The molecular weight excluding hydrogens is 372 g/mol. The number of methoxy groups -OCH3 is 1. The highest BCUT2D eigenvalue weighted by atomic mass is 16.5. The molecule has 1 aliphatic carbocycles. The molecule has 2 aliphatic rings. The molecular formula is C22H28N2O5. The first-order valence-electron chi connectivity index (χ1n) is 10.1. The van der Waals surface area contributed by atoms with Crippen molar-refractivity contribution >= 4 is 22.8 Å². The van der Waals surface area contributed by atoms with E-state index in [1.165, 1.54) is 0 Å².